The van der Waals surface area contributed by atoms with Crippen molar-refractivity contribution < 1.29 is 5.11 Å². The predicted molar refractivity (Wildman–Crippen MR) is 119 cm³/mol. The number of hydrogen-bond donors (Lipinski definition) is 5. The van der Waals surface area contributed by atoms with Crippen LogP contribution in [0.5, 0.6) is 5.75 Å². The topological polar surface area (TPSA) is 124 Å². The zero-order valence-electron chi connectivity index (χ0n) is 18.0. The average Bonchev–Trinajstić information content (AvgIpc) is 2.52. The highest BCUT2D eigenvalue weighted by atomic mass is 16.3. The van der Waals surface area contributed by atoms with Crippen LogP contribution in [0.1, 0.15) is 63.8 Å². The van der Waals surface area contributed by atoms with Crippen molar-refractivity contribution >= 4 is 22.7 Å². The maximum atomic E-state index is 9.57. The monoisotopic (exact) mass is 372 g/mol. The van der Waals surface area contributed by atoms with Gasteiger partial charge in [0.1, 0.15) is 5.75 Å². The van der Waals surface area contributed by atoms with Crippen molar-refractivity contribution in [1.82, 2.24) is 0 Å². The minimum absolute atomic E-state index is 0.0589. The van der Waals surface area contributed by atoms with Gasteiger partial charge in [0.15, 0.2) is 0 Å². The van der Waals surface area contributed by atoms with Gasteiger partial charge in [-0.25, -0.2) is 0 Å². The van der Waals surface area contributed by atoms with Gasteiger partial charge in [-0.1, -0.05) is 47.6 Å². The third kappa shape index (κ3) is 5.00. The van der Waals surface area contributed by atoms with Crippen molar-refractivity contribution in [2.45, 2.75) is 66.2 Å². The number of phenolic OH excluding ortho intramolecular Hbond substituents is 1. The zero-order chi connectivity index (χ0) is 21.3. The summed E-state index contributed by atoms with van der Waals surface area (Å²) in [5.41, 5.74) is 29.6. The summed E-state index contributed by atoms with van der Waals surface area (Å²) in [4.78, 5) is 0. The summed E-state index contributed by atoms with van der Waals surface area (Å²) in [6, 6.07) is 5.82. The molecule has 0 unspecified atom stereocenters. The smallest absolute Gasteiger partial charge is 0.143 e. The Morgan fingerprint density at radius 1 is 0.704 bits per heavy atom. The molecule has 0 aromatic heterocycles. The number of aromatic hydroxyl groups is 1. The van der Waals surface area contributed by atoms with E-state index in [0.29, 0.717) is 5.69 Å². The molecular weight excluding hydrogens is 336 g/mol. The predicted octanol–water partition coefficient (Wildman–Crippen LogP) is 4.62. The first kappa shape index (κ1) is 22.5. The van der Waals surface area contributed by atoms with E-state index in [2.05, 4.69) is 41.5 Å². The van der Waals surface area contributed by atoms with Crippen LogP contribution in [0, 0.1) is 13.8 Å². The summed E-state index contributed by atoms with van der Waals surface area (Å²) in [5, 5.41) is 9.57. The second-order valence-electron chi connectivity index (χ2n) is 9.16. The molecule has 0 heterocycles. The number of rotatable bonds is 0. The van der Waals surface area contributed by atoms with E-state index in [1.165, 1.54) is 5.56 Å². The lowest BCUT2D eigenvalue weighted by Crippen LogP contribution is -2.15. The Hall–Kier alpha value is -2.56. The Kier molecular flexibility index (Phi) is 6.32. The van der Waals surface area contributed by atoms with Crippen LogP contribution < -0.4 is 22.9 Å². The van der Waals surface area contributed by atoms with Crippen molar-refractivity contribution in [2.75, 3.05) is 22.9 Å². The molecule has 5 heteroatoms. The van der Waals surface area contributed by atoms with Gasteiger partial charge in [0.2, 0.25) is 0 Å². The number of phenols is 1. The first-order valence-corrected chi connectivity index (χ1v) is 9.12. The Morgan fingerprint density at radius 2 is 1.19 bits per heavy atom. The molecule has 150 valence electrons. The molecule has 0 saturated carbocycles. The third-order valence-corrected chi connectivity index (χ3v) is 4.74. The second kappa shape index (κ2) is 7.59. The van der Waals surface area contributed by atoms with Crippen LogP contribution in [-0.4, -0.2) is 5.11 Å². The number of nitrogens with two attached hydrogens (primary N) is 4. The van der Waals surface area contributed by atoms with Crippen LogP contribution >= 0.6 is 0 Å². The summed E-state index contributed by atoms with van der Waals surface area (Å²) in [6.07, 6.45) is 0. The van der Waals surface area contributed by atoms with Crippen LogP contribution in [0.3, 0.4) is 0 Å². The fraction of sp³-hybridized carbons (Fsp3) is 0.455. The summed E-state index contributed by atoms with van der Waals surface area (Å²) < 4.78 is 0. The molecule has 0 bridgehead atoms. The Bertz CT molecular complexity index is 828. The van der Waals surface area contributed by atoms with Gasteiger partial charge in [-0.2, -0.15) is 0 Å². The Balaban J connectivity index is 0.000000271. The SMILES string of the molecule is Cc1c(N)ccc(C(C)(C)C)c1N.Cc1cc(C(C)(C)C)c(N)c(N)c1O. The highest BCUT2D eigenvalue weighted by Gasteiger charge is 2.21. The lowest BCUT2D eigenvalue weighted by molar-refractivity contribution is 0.473. The minimum Gasteiger partial charge on any atom is -0.505 e. The molecule has 0 atom stereocenters. The molecule has 0 spiro atoms. The lowest BCUT2D eigenvalue weighted by atomic mass is 9.84. The van der Waals surface area contributed by atoms with Crippen molar-refractivity contribution in [3.05, 3.63) is 40.5 Å². The van der Waals surface area contributed by atoms with Crippen LogP contribution in [0.4, 0.5) is 22.7 Å². The minimum atomic E-state index is -0.0589. The van der Waals surface area contributed by atoms with Gasteiger partial charge < -0.3 is 28.0 Å². The Labute approximate surface area is 163 Å². The summed E-state index contributed by atoms with van der Waals surface area (Å²) in [7, 11) is 0. The van der Waals surface area contributed by atoms with Crippen LogP contribution in [0.25, 0.3) is 0 Å². The molecule has 0 aliphatic rings. The molecule has 0 fully saturated rings. The van der Waals surface area contributed by atoms with Gasteiger partial charge >= 0.3 is 0 Å². The largest absolute Gasteiger partial charge is 0.505 e. The van der Waals surface area contributed by atoms with Gasteiger partial charge in [0, 0.05) is 11.4 Å². The first-order valence-electron chi connectivity index (χ1n) is 9.12. The number of anilines is 4. The van der Waals surface area contributed by atoms with E-state index in [1.807, 2.05) is 32.0 Å². The van der Waals surface area contributed by atoms with Gasteiger partial charge in [0.05, 0.1) is 11.4 Å². The highest BCUT2D eigenvalue weighted by molar-refractivity contribution is 5.76. The van der Waals surface area contributed by atoms with E-state index in [0.717, 1.165) is 28.1 Å². The molecule has 0 saturated heterocycles. The van der Waals surface area contributed by atoms with Crippen LogP contribution in [0.15, 0.2) is 18.2 Å². The summed E-state index contributed by atoms with van der Waals surface area (Å²) in [5.74, 6) is 0.0931. The molecule has 9 N–H and O–H groups in total. The van der Waals surface area contributed by atoms with E-state index < -0.39 is 0 Å². The molecule has 0 aliphatic heterocycles. The van der Waals surface area contributed by atoms with Crippen LogP contribution in [-0.2, 0) is 10.8 Å². The zero-order valence-corrected chi connectivity index (χ0v) is 18.0. The van der Waals surface area contributed by atoms with Gasteiger partial charge in [-0.3, -0.25) is 0 Å². The number of nitrogen functional groups attached to an aromatic ring is 4. The molecular formula is C22H36N4O. The maximum Gasteiger partial charge on any atom is 0.143 e. The van der Waals surface area contributed by atoms with E-state index in [9.17, 15) is 5.11 Å². The third-order valence-electron chi connectivity index (χ3n) is 4.74. The quantitative estimate of drug-likeness (QED) is 0.341. The molecule has 0 radical (unpaired) electrons. The van der Waals surface area contributed by atoms with E-state index in [1.54, 1.807) is 0 Å². The number of benzene rings is 2. The van der Waals surface area contributed by atoms with Crippen molar-refractivity contribution in [3.8, 4) is 5.75 Å². The average molecular weight is 373 g/mol. The van der Waals surface area contributed by atoms with Crippen molar-refractivity contribution in [2.24, 2.45) is 0 Å². The van der Waals surface area contributed by atoms with Crippen LogP contribution in [0.2, 0.25) is 0 Å². The molecule has 5 nitrogen and oxygen atoms in total. The summed E-state index contributed by atoms with van der Waals surface area (Å²) >= 11 is 0. The molecule has 2 aromatic rings. The number of aryl methyl sites for hydroxylation is 1. The fourth-order valence-corrected chi connectivity index (χ4v) is 2.87. The maximum absolute atomic E-state index is 9.57. The first-order chi connectivity index (χ1) is 12.1. The van der Waals surface area contributed by atoms with E-state index in [4.69, 9.17) is 22.9 Å². The van der Waals surface area contributed by atoms with E-state index in [-0.39, 0.29) is 22.3 Å². The van der Waals surface area contributed by atoms with E-state index >= 15 is 0 Å². The Morgan fingerprint density at radius 3 is 1.63 bits per heavy atom. The van der Waals surface area contributed by atoms with Gasteiger partial charge in [0.25, 0.3) is 0 Å². The van der Waals surface area contributed by atoms with Crippen molar-refractivity contribution in [3.63, 3.8) is 0 Å². The van der Waals surface area contributed by atoms with Crippen molar-refractivity contribution in [1.29, 1.82) is 0 Å². The fourth-order valence-electron chi connectivity index (χ4n) is 2.87. The molecule has 0 amide bonds. The summed E-state index contributed by atoms with van der Waals surface area (Å²) in [6.45, 7) is 16.4. The molecule has 2 aromatic carbocycles. The highest BCUT2D eigenvalue weighted by Crippen LogP contribution is 2.38. The molecule has 27 heavy (non-hydrogen) atoms. The van der Waals surface area contributed by atoms with Gasteiger partial charge in [-0.05, 0) is 59.1 Å². The standard InChI is InChI=1S/C11H18N2O.C11H18N2/c1-6-5-7(11(2,3)4)8(12)9(13)10(6)14;1-7-9(12)6-5-8(10(7)13)11(2,3)4/h5,14H,12-13H2,1-4H3;5-6H,12-13H2,1-4H3. The lowest BCUT2D eigenvalue weighted by Gasteiger charge is -2.23. The molecule has 2 rings (SSSR count). The second-order valence-corrected chi connectivity index (χ2v) is 9.16. The molecule has 0 aliphatic carbocycles. The number of hydrogen-bond acceptors (Lipinski definition) is 5. The normalized spacial score (nSPS) is 11.7. The van der Waals surface area contributed by atoms with Gasteiger partial charge in [-0.15, -0.1) is 0 Å².